The maximum absolute atomic E-state index is 12.3. The number of nitrogens with one attached hydrogen (secondary N) is 1. The molecule has 0 unspecified atom stereocenters. The zero-order valence-corrected chi connectivity index (χ0v) is 10.9. The first-order valence-electron chi connectivity index (χ1n) is 6.08. The number of nitrogens with zero attached hydrogens (tertiary/aromatic N) is 1. The highest BCUT2D eigenvalue weighted by atomic mass is 19.3. The summed E-state index contributed by atoms with van der Waals surface area (Å²) >= 11 is 0. The van der Waals surface area contributed by atoms with Crippen LogP contribution in [0.15, 0.2) is 54.9 Å². The van der Waals surface area contributed by atoms with Crippen LogP contribution in [0.5, 0.6) is 5.75 Å². The van der Waals surface area contributed by atoms with E-state index >= 15 is 0 Å². The maximum Gasteiger partial charge on any atom is 0.387 e. The van der Waals surface area contributed by atoms with Crippen molar-refractivity contribution < 1.29 is 18.3 Å². The Balaban J connectivity index is 2.05. The Hall–Kier alpha value is -2.76. The van der Waals surface area contributed by atoms with E-state index in [0.29, 0.717) is 11.3 Å². The lowest BCUT2D eigenvalue weighted by molar-refractivity contribution is -0.111. The molecule has 0 spiro atoms. The molecular weight excluding hydrogens is 278 g/mol. The number of para-hydroxylation sites is 1. The molecular formula is C15H12F2N2O2. The predicted octanol–water partition coefficient (Wildman–Crippen LogP) is 3.33. The number of alkyl halides is 2. The number of halogens is 2. The topological polar surface area (TPSA) is 51.2 Å². The predicted molar refractivity (Wildman–Crippen MR) is 75.0 cm³/mol. The van der Waals surface area contributed by atoms with Crippen molar-refractivity contribution in [1.82, 2.24) is 4.98 Å². The Morgan fingerprint density at radius 3 is 2.76 bits per heavy atom. The monoisotopic (exact) mass is 290 g/mol. The van der Waals surface area contributed by atoms with Gasteiger partial charge in [0.2, 0.25) is 5.91 Å². The molecule has 21 heavy (non-hydrogen) atoms. The molecule has 2 rings (SSSR count). The van der Waals surface area contributed by atoms with Crippen LogP contribution >= 0.6 is 0 Å². The van der Waals surface area contributed by atoms with E-state index < -0.39 is 12.5 Å². The van der Waals surface area contributed by atoms with Gasteiger partial charge in [0.1, 0.15) is 5.75 Å². The molecule has 6 heteroatoms. The van der Waals surface area contributed by atoms with E-state index in [4.69, 9.17) is 0 Å². The molecule has 0 bridgehead atoms. The summed E-state index contributed by atoms with van der Waals surface area (Å²) < 4.78 is 28.9. The second kappa shape index (κ2) is 7.14. The molecule has 0 saturated heterocycles. The van der Waals surface area contributed by atoms with E-state index in [9.17, 15) is 13.6 Å². The van der Waals surface area contributed by atoms with E-state index in [-0.39, 0.29) is 5.75 Å². The molecule has 1 N–H and O–H groups in total. The molecule has 1 heterocycles. The molecule has 2 aromatic rings. The van der Waals surface area contributed by atoms with Gasteiger partial charge in [-0.2, -0.15) is 8.78 Å². The average Bonchev–Trinajstić information content (AvgIpc) is 2.47. The lowest BCUT2D eigenvalue weighted by atomic mass is 10.2. The van der Waals surface area contributed by atoms with Crippen LogP contribution in [0.2, 0.25) is 0 Å². The third-order valence-corrected chi connectivity index (χ3v) is 2.48. The van der Waals surface area contributed by atoms with Crippen molar-refractivity contribution in [2.45, 2.75) is 6.61 Å². The number of carbonyl (C=O) groups is 1. The lowest BCUT2D eigenvalue weighted by Crippen LogP contribution is -2.08. The quantitative estimate of drug-likeness (QED) is 0.859. The van der Waals surface area contributed by atoms with E-state index in [1.54, 1.807) is 36.5 Å². The van der Waals surface area contributed by atoms with Crippen molar-refractivity contribution in [1.29, 1.82) is 0 Å². The van der Waals surface area contributed by atoms with Gasteiger partial charge < -0.3 is 10.1 Å². The van der Waals surface area contributed by atoms with Crippen molar-refractivity contribution >= 4 is 17.7 Å². The second-order valence-electron chi connectivity index (χ2n) is 3.98. The summed E-state index contributed by atoms with van der Waals surface area (Å²) in [6.45, 7) is -2.91. The zero-order chi connectivity index (χ0) is 15.1. The van der Waals surface area contributed by atoms with Crippen molar-refractivity contribution in [3.8, 4) is 5.75 Å². The number of aromatic nitrogens is 1. The van der Waals surface area contributed by atoms with Crippen LogP contribution < -0.4 is 10.1 Å². The molecule has 0 aliphatic carbocycles. The molecule has 0 atom stereocenters. The van der Waals surface area contributed by atoms with E-state index in [0.717, 1.165) is 0 Å². The summed E-state index contributed by atoms with van der Waals surface area (Å²) in [4.78, 5) is 15.6. The lowest BCUT2D eigenvalue weighted by Gasteiger charge is -2.07. The summed E-state index contributed by atoms with van der Waals surface area (Å²) in [6.07, 6.45) is 5.73. The number of rotatable bonds is 5. The fourth-order valence-electron chi connectivity index (χ4n) is 1.61. The van der Waals surface area contributed by atoms with Gasteiger partial charge >= 0.3 is 6.61 Å². The summed E-state index contributed by atoms with van der Waals surface area (Å²) in [5, 5.41) is 2.60. The Kier molecular flexibility index (Phi) is 4.98. The van der Waals surface area contributed by atoms with Gasteiger partial charge in [-0.15, -0.1) is 0 Å². The fraction of sp³-hybridized carbons (Fsp3) is 0.0667. The van der Waals surface area contributed by atoms with Crippen LogP contribution in [0.4, 0.5) is 14.5 Å². The standard InChI is InChI=1S/C15H12F2N2O2/c16-15(17)21-13-6-2-1-4-11(13)7-8-14(20)19-12-5-3-9-18-10-12/h1-10,15H,(H,19,20)/b8-7+. The van der Waals surface area contributed by atoms with Gasteiger partial charge in [-0.3, -0.25) is 9.78 Å². The van der Waals surface area contributed by atoms with Crippen molar-refractivity contribution in [3.63, 3.8) is 0 Å². The average molecular weight is 290 g/mol. The number of pyridine rings is 1. The normalized spacial score (nSPS) is 10.8. The number of amides is 1. The first-order valence-corrected chi connectivity index (χ1v) is 6.08. The number of hydrogen-bond acceptors (Lipinski definition) is 3. The smallest absolute Gasteiger partial charge is 0.387 e. The van der Waals surface area contributed by atoms with Gasteiger partial charge in [-0.05, 0) is 24.3 Å². The molecule has 1 aromatic carbocycles. The van der Waals surface area contributed by atoms with Crippen LogP contribution in [0.25, 0.3) is 6.08 Å². The Morgan fingerprint density at radius 1 is 1.24 bits per heavy atom. The Labute approximate surface area is 120 Å². The van der Waals surface area contributed by atoms with E-state index in [1.807, 2.05) is 0 Å². The first-order chi connectivity index (χ1) is 10.1. The highest BCUT2D eigenvalue weighted by Crippen LogP contribution is 2.21. The minimum absolute atomic E-state index is 0.0120. The van der Waals surface area contributed by atoms with Crippen molar-refractivity contribution in [3.05, 3.63) is 60.4 Å². The van der Waals surface area contributed by atoms with E-state index in [1.165, 1.54) is 24.4 Å². The third-order valence-electron chi connectivity index (χ3n) is 2.48. The fourth-order valence-corrected chi connectivity index (χ4v) is 1.61. The largest absolute Gasteiger partial charge is 0.434 e. The Bertz CT molecular complexity index is 631. The number of ether oxygens (including phenoxy) is 1. The molecule has 0 saturated carbocycles. The van der Waals surface area contributed by atoms with Gasteiger partial charge in [0, 0.05) is 17.8 Å². The number of hydrogen-bond donors (Lipinski definition) is 1. The molecule has 0 aliphatic heterocycles. The van der Waals surface area contributed by atoms with Gasteiger partial charge in [0.05, 0.1) is 11.9 Å². The molecule has 0 fully saturated rings. The minimum atomic E-state index is -2.91. The van der Waals surface area contributed by atoms with Crippen molar-refractivity contribution in [2.75, 3.05) is 5.32 Å². The summed E-state index contributed by atoms with van der Waals surface area (Å²) in [6, 6.07) is 9.59. The minimum Gasteiger partial charge on any atom is -0.434 e. The van der Waals surface area contributed by atoms with E-state index in [2.05, 4.69) is 15.0 Å². The number of anilines is 1. The first kappa shape index (κ1) is 14.6. The third kappa shape index (κ3) is 4.68. The summed E-state index contributed by atoms with van der Waals surface area (Å²) in [7, 11) is 0. The van der Waals surface area contributed by atoms with Gasteiger partial charge in [-0.25, -0.2) is 0 Å². The molecule has 108 valence electrons. The number of benzene rings is 1. The SMILES string of the molecule is O=C(/C=C/c1ccccc1OC(F)F)Nc1cccnc1. The number of carbonyl (C=O) groups excluding carboxylic acids is 1. The molecule has 1 amide bonds. The molecule has 1 aromatic heterocycles. The van der Waals surface area contributed by atoms with Gasteiger partial charge in [0.15, 0.2) is 0 Å². The maximum atomic E-state index is 12.3. The Morgan fingerprint density at radius 2 is 2.05 bits per heavy atom. The van der Waals surface area contributed by atoms with Crippen molar-refractivity contribution in [2.24, 2.45) is 0 Å². The molecule has 0 aliphatic rings. The highest BCUT2D eigenvalue weighted by molar-refractivity contribution is 6.01. The zero-order valence-electron chi connectivity index (χ0n) is 10.9. The van der Waals surface area contributed by atoms with Gasteiger partial charge in [-0.1, -0.05) is 18.2 Å². The van der Waals surface area contributed by atoms with Crippen LogP contribution in [-0.4, -0.2) is 17.5 Å². The van der Waals surface area contributed by atoms with Crippen LogP contribution in [0.3, 0.4) is 0 Å². The van der Waals surface area contributed by atoms with Crippen LogP contribution in [0, 0.1) is 0 Å². The van der Waals surface area contributed by atoms with Crippen LogP contribution in [-0.2, 0) is 4.79 Å². The van der Waals surface area contributed by atoms with Gasteiger partial charge in [0.25, 0.3) is 0 Å². The van der Waals surface area contributed by atoms with Crippen LogP contribution in [0.1, 0.15) is 5.56 Å². The molecule has 4 nitrogen and oxygen atoms in total. The summed E-state index contributed by atoms with van der Waals surface area (Å²) in [5.41, 5.74) is 0.934. The second-order valence-corrected chi connectivity index (χ2v) is 3.98. The summed E-state index contributed by atoms with van der Waals surface area (Å²) in [5.74, 6) is -0.382. The highest BCUT2D eigenvalue weighted by Gasteiger charge is 2.07. The molecule has 0 radical (unpaired) electrons.